The maximum atomic E-state index is 12.8. The number of hydrogen-bond acceptors (Lipinski definition) is 6. The summed E-state index contributed by atoms with van der Waals surface area (Å²) in [7, 11) is -4.33. The van der Waals surface area contributed by atoms with E-state index < -0.39 is 20.0 Å². The summed E-state index contributed by atoms with van der Waals surface area (Å²) in [5.74, 6) is -0.175. The van der Waals surface area contributed by atoms with Crippen LogP contribution in [-0.4, -0.2) is 47.8 Å². The molecule has 0 aromatic carbocycles. The van der Waals surface area contributed by atoms with E-state index in [4.69, 9.17) is 14.8 Å². The van der Waals surface area contributed by atoms with E-state index in [-0.39, 0.29) is 25.7 Å². The van der Waals surface area contributed by atoms with E-state index in [1.54, 1.807) is 0 Å². The Balaban J connectivity index is 4.12. The fourth-order valence-electron chi connectivity index (χ4n) is 7.07. The summed E-state index contributed by atoms with van der Waals surface area (Å²) >= 11 is 0. The van der Waals surface area contributed by atoms with Crippen molar-refractivity contribution >= 4 is 13.7 Å². The Labute approximate surface area is 358 Å². The monoisotopic (exact) mass is 837 g/mol. The Morgan fingerprint density at radius 2 is 1.00 bits per heavy atom. The molecule has 0 saturated heterocycles. The van der Waals surface area contributed by atoms with Crippen molar-refractivity contribution < 1.29 is 28.4 Å². The summed E-state index contributed by atoms with van der Waals surface area (Å²) in [6.07, 6.45) is 55.5. The van der Waals surface area contributed by atoms with Gasteiger partial charge in [-0.05, 0) is 51.4 Å². The van der Waals surface area contributed by atoms with Crippen LogP contribution in [0.15, 0.2) is 48.6 Å². The van der Waals surface area contributed by atoms with E-state index in [2.05, 4.69) is 67.8 Å². The third kappa shape index (κ3) is 42.6. The summed E-state index contributed by atoms with van der Waals surface area (Å²) in [6, 6.07) is -0.784. The minimum atomic E-state index is -4.33. The van der Waals surface area contributed by atoms with Gasteiger partial charge in [0.25, 0.3) is 0 Å². The zero-order valence-electron chi connectivity index (χ0n) is 37.8. The molecule has 0 heterocycles. The summed E-state index contributed by atoms with van der Waals surface area (Å²) in [6.45, 7) is 4.10. The molecule has 0 bridgehead atoms. The number of amides is 1. The number of phosphoric acid groups is 1. The van der Waals surface area contributed by atoms with Crippen LogP contribution in [0, 0.1) is 0 Å². The van der Waals surface area contributed by atoms with Gasteiger partial charge >= 0.3 is 7.82 Å². The van der Waals surface area contributed by atoms with Gasteiger partial charge in [-0.25, -0.2) is 4.57 Å². The Bertz CT molecular complexity index is 1050. The van der Waals surface area contributed by atoms with Crippen molar-refractivity contribution in [2.24, 2.45) is 5.73 Å². The first-order chi connectivity index (χ1) is 28.4. The van der Waals surface area contributed by atoms with Crippen LogP contribution in [0.4, 0.5) is 0 Å². The third-order valence-corrected chi connectivity index (χ3v) is 11.7. The van der Waals surface area contributed by atoms with Gasteiger partial charge < -0.3 is 21.1 Å². The number of carbonyl (C=O) groups is 1. The largest absolute Gasteiger partial charge is 0.472 e. The summed E-state index contributed by atoms with van der Waals surface area (Å²) < 4.78 is 22.3. The zero-order valence-corrected chi connectivity index (χ0v) is 38.7. The Hall–Kier alpha value is -1.54. The van der Waals surface area contributed by atoms with Gasteiger partial charge in [-0.3, -0.25) is 13.8 Å². The molecule has 0 saturated carbocycles. The lowest BCUT2D eigenvalue weighted by molar-refractivity contribution is -0.123. The number of rotatable bonds is 45. The topological polar surface area (TPSA) is 131 Å². The van der Waals surface area contributed by atoms with Crippen LogP contribution in [0.2, 0.25) is 0 Å². The lowest BCUT2D eigenvalue weighted by Crippen LogP contribution is -2.46. The maximum Gasteiger partial charge on any atom is 0.472 e. The zero-order chi connectivity index (χ0) is 42.5. The standard InChI is InChI=1S/C49H93N2O6P/c1-3-5-7-9-11-13-15-17-19-21-23-25-26-28-30-32-34-36-38-40-42-48(52)47(46-57-58(54,55)56-45-44-50)51-49(53)43-41-39-37-35-33-31-29-27-24-22-20-18-16-14-12-10-8-6-4-2/h6,8,12,14,18,20,24,27,47-48,52H,3-5,7,9-11,13,15-17,19,21-23,25-26,28-46,50H2,1-2H3,(H,51,53)(H,54,55)/b8-6-,14-12-,20-18-,27-24-. The molecular formula is C49H93N2O6P. The van der Waals surface area contributed by atoms with Crippen molar-refractivity contribution in [2.75, 3.05) is 19.8 Å². The normalized spacial score (nSPS) is 14.4. The third-order valence-electron chi connectivity index (χ3n) is 10.7. The molecule has 0 aromatic rings. The first-order valence-electron chi connectivity index (χ1n) is 24.3. The van der Waals surface area contributed by atoms with Crippen LogP contribution in [0.25, 0.3) is 0 Å². The fraction of sp³-hybridized carbons (Fsp3) is 0.816. The predicted molar refractivity (Wildman–Crippen MR) is 249 cm³/mol. The molecule has 8 nitrogen and oxygen atoms in total. The quantitative estimate of drug-likeness (QED) is 0.0273. The molecule has 9 heteroatoms. The van der Waals surface area contributed by atoms with Crippen molar-refractivity contribution in [3.8, 4) is 0 Å². The lowest BCUT2D eigenvalue weighted by atomic mass is 10.0. The van der Waals surface area contributed by atoms with Crippen LogP contribution < -0.4 is 11.1 Å². The number of allylic oxidation sites excluding steroid dienone is 8. The van der Waals surface area contributed by atoms with E-state index in [1.807, 2.05) is 0 Å². The van der Waals surface area contributed by atoms with Gasteiger partial charge in [0.15, 0.2) is 0 Å². The molecule has 3 unspecified atom stereocenters. The Morgan fingerprint density at radius 3 is 1.47 bits per heavy atom. The first kappa shape index (κ1) is 56.5. The second kappa shape index (κ2) is 45.0. The number of hydrogen-bond donors (Lipinski definition) is 4. The van der Waals surface area contributed by atoms with Gasteiger partial charge in [0.05, 0.1) is 25.4 Å². The molecule has 0 rings (SSSR count). The molecule has 0 aliphatic carbocycles. The van der Waals surface area contributed by atoms with Gasteiger partial charge in [0.2, 0.25) is 5.91 Å². The van der Waals surface area contributed by atoms with Crippen molar-refractivity contribution in [1.29, 1.82) is 0 Å². The first-order valence-corrected chi connectivity index (χ1v) is 25.7. The van der Waals surface area contributed by atoms with Gasteiger partial charge in [-0.15, -0.1) is 0 Å². The smallest absolute Gasteiger partial charge is 0.391 e. The van der Waals surface area contributed by atoms with Crippen molar-refractivity contribution in [2.45, 2.75) is 238 Å². The molecule has 0 aromatic heterocycles. The van der Waals surface area contributed by atoms with Crippen molar-refractivity contribution in [1.82, 2.24) is 5.32 Å². The average Bonchev–Trinajstić information content (AvgIpc) is 3.21. The summed E-state index contributed by atoms with van der Waals surface area (Å²) in [5, 5.41) is 13.8. The molecular weight excluding hydrogens is 744 g/mol. The van der Waals surface area contributed by atoms with Crippen LogP contribution in [0.5, 0.6) is 0 Å². The van der Waals surface area contributed by atoms with E-state index in [1.165, 1.54) is 122 Å². The van der Waals surface area contributed by atoms with Crippen LogP contribution >= 0.6 is 7.82 Å². The second-order valence-electron chi connectivity index (χ2n) is 16.3. The number of aliphatic hydroxyl groups is 1. The molecule has 0 radical (unpaired) electrons. The highest BCUT2D eigenvalue weighted by molar-refractivity contribution is 7.47. The molecule has 0 aliphatic rings. The minimum Gasteiger partial charge on any atom is -0.391 e. The molecule has 1 amide bonds. The van der Waals surface area contributed by atoms with Crippen LogP contribution in [-0.2, 0) is 18.4 Å². The number of nitrogens with two attached hydrogens (primary N) is 1. The molecule has 0 fully saturated rings. The number of carbonyl (C=O) groups excluding carboxylic acids is 1. The predicted octanol–water partition coefficient (Wildman–Crippen LogP) is 14.1. The van der Waals surface area contributed by atoms with Gasteiger partial charge in [0.1, 0.15) is 0 Å². The van der Waals surface area contributed by atoms with E-state index in [0.29, 0.717) is 12.8 Å². The van der Waals surface area contributed by atoms with E-state index >= 15 is 0 Å². The average molecular weight is 837 g/mol. The van der Waals surface area contributed by atoms with Gasteiger partial charge in [-0.1, -0.05) is 217 Å². The molecule has 58 heavy (non-hydrogen) atoms. The number of phosphoric ester groups is 1. The molecule has 0 spiro atoms. The van der Waals surface area contributed by atoms with Crippen LogP contribution in [0.1, 0.15) is 226 Å². The molecule has 0 aliphatic heterocycles. The Kier molecular flexibility index (Phi) is 43.8. The maximum absolute atomic E-state index is 12.8. The minimum absolute atomic E-state index is 0.0848. The fourth-order valence-corrected chi connectivity index (χ4v) is 7.83. The lowest BCUT2D eigenvalue weighted by Gasteiger charge is -2.25. The summed E-state index contributed by atoms with van der Waals surface area (Å²) in [5.41, 5.74) is 5.39. The molecule has 5 N–H and O–H groups in total. The number of unbranched alkanes of at least 4 members (excludes halogenated alkanes) is 25. The highest BCUT2D eigenvalue weighted by Crippen LogP contribution is 2.43. The SMILES string of the molecule is CC/C=C\C/C=C\C/C=C\C/C=C\CCCCCCCCC(=O)NC(COP(=O)(O)OCCN)C(O)CCCCCCCCCCCCCCCCCCCCCC. The molecule has 340 valence electrons. The van der Waals surface area contributed by atoms with Crippen molar-refractivity contribution in [3.63, 3.8) is 0 Å². The van der Waals surface area contributed by atoms with Gasteiger partial charge in [0, 0.05) is 13.0 Å². The highest BCUT2D eigenvalue weighted by Gasteiger charge is 2.27. The number of nitrogens with one attached hydrogen (secondary N) is 1. The second-order valence-corrected chi connectivity index (χ2v) is 17.7. The Morgan fingerprint density at radius 1 is 0.586 bits per heavy atom. The van der Waals surface area contributed by atoms with E-state index in [9.17, 15) is 19.4 Å². The van der Waals surface area contributed by atoms with E-state index in [0.717, 1.165) is 77.0 Å². The highest BCUT2D eigenvalue weighted by atomic mass is 31.2. The van der Waals surface area contributed by atoms with Crippen molar-refractivity contribution in [3.05, 3.63) is 48.6 Å². The summed E-state index contributed by atoms with van der Waals surface area (Å²) in [4.78, 5) is 22.8. The number of aliphatic hydroxyl groups excluding tert-OH is 1. The molecule has 3 atom stereocenters. The van der Waals surface area contributed by atoms with Gasteiger partial charge in [-0.2, -0.15) is 0 Å². The van der Waals surface area contributed by atoms with Crippen LogP contribution in [0.3, 0.4) is 0 Å².